The summed E-state index contributed by atoms with van der Waals surface area (Å²) in [6.45, 7) is 2.56. The van der Waals surface area contributed by atoms with Crippen LogP contribution in [0.1, 0.15) is 22.3 Å². The molecule has 0 aliphatic carbocycles. The molecule has 1 heterocycles. The maximum atomic E-state index is 12.6. The average molecular weight is 358 g/mol. The molecule has 1 saturated heterocycles. The summed E-state index contributed by atoms with van der Waals surface area (Å²) in [5.41, 5.74) is 1.67. The van der Waals surface area contributed by atoms with Crippen LogP contribution < -0.4 is 0 Å². The van der Waals surface area contributed by atoms with Crippen molar-refractivity contribution in [3.8, 4) is 0 Å². The predicted octanol–water partition coefficient (Wildman–Crippen LogP) is 2.79. The Morgan fingerprint density at radius 3 is 2.90 bits per heavy atom. The lowest BCUT2D eigenvalue weighted by Crippen LogP contribution is -2.47. The molecular weight excluding hydrogens is 342 g/mol. The first-order valence-electron chi connectivity index (χ1n) is 6.35. The molecule has 108 valence electrons. The maximum absolute atomic E-state index is 12.6. The van der Waals surface area contributed by atoms with Crippen LogP contribution in [0.15, 0.2) is 22.7 Å². The van der Waals surface area contributed by atoms with Crippen LogP contribution in [0, 0.1) is 6.92 Å². The standard InChI is InChI=1S/C14H16BrNO3S/c1-9-2-3-11(12(15)6-9)14(19)16-4-5-20-8-10(16)7-13(17)18/h2-3,6,10H,4-5,7-8H2,1H3,(H,17,18). The highest BCUT2D eigenvalue weighted by Gasteiger charge is 2.30. The summed E-state index contributed by atoms with van der Waals surface area (Å²) in [6, 6.07) is 5.36. The molecule has 4 nitrogen and oxygen atoms in total. The quantitative estimate of drug-likeness (QED) is 0.903. The monoisotopic (exact) mass is 357 g/mol. The summed E-state index contributed by atoms with van der Waals surface area (Å²) < 4.78 is 0.759. The third kappa shape index (κ3) is 3.55. The van der Waals surface area contributed by atoms with Crippen LogP contribution in [-0.4, -0.2) is 46.0 Å². The second-order valence-electron chi connectivity index (χ2n) is 4.81. The summed E-state index contributed by atoms with van der Waals surface area (Å²) in [4.78, 5) is 25.2. The van der Waals surface area contributed by atoms with Gasteiger partial charge < -0.3 is 10.0 Å². The lowest BCUT2D eigenvalue weighted by atomic mass is 10.1. The molecule has 2 rings (SSSR count). The second kappa shape index (κ2) is 6.63. The van der Waals surface area contributed by atoms with Gasteiger partial charge >= 0.3 is 5.97 Å². The van der Waals surface area contributed by atoms with Crippen LogP contribution >= 0.6 is 27.7 Å². The molecule has 0 saturated carbocycles. The van der Waals surface area contributed by atoms with Crippen LogP contribution in [0.4, 0.5) is 0 Å². The lowest BCUT2D eigenvalue weighted by Gasteiger charge is -2.35. The number of carboxylic acid groups (broad SMARTS) is 1. The van der Waals surface area contributed by atoms with Crippen LogP contribution in [0.3, 0.4) is 0 Å². The third-order valence-corrected chi connectivity index (χ3v) is 5.00. The van der Waals surface area contributed by atoms with Gasteiger partial charge in [0.1, 0.15) is 0 Å². The molecule has 0 aromatic heterocycles. The van der Waals surface area contributed by atoms with E-state index < -0.39 is 5.97 Å². The fourth-order valence-electron chi connectivity index (χ4n) is 2.24. The van der Waals surface area contributed by atoms with Gasteiger partial charge in [-0.2, -0.15) is 11.8 Å². The number of hydrogen-bond acceptors (Lipinski definition) is 3. The summed E-state index contributed by atoms with van der Waals surface area (Å²) in [5.74, 6) is 0.578. The van der Waals surface area contributed by atoms with E-state index in [1.54, 1.807) is 22.7 Å². The smallest absolute Gasteiger partial charge is 0.305 e. The zero-order valence-corrected chi connectivity index (χ0v) is 13.5. The first kappa shape index (κ1) is 15.4. The number of halogens is 1. The van der Waals surface area contributed by atoms with Gasteiger partial charge in [0.25, 0.3) is 5.91 Å². The number of nitrogens with zero attached hydrogens (tertiary/aromatic N) is 1. The summed E-state index contributed by atoms with van der Waals surface area (Å²) in [7, 11) is 0. The van der Waals surface area contributed by atoms with E-state index in [1.807, 2.05) is 19.1 Å². The number of benzene rings is 1. The molecule has 0 bridgehead atoms. The van der Waals surface area contributed by atoms with Gasteiger partial charge in [0.05, 0.1) is 18.0 Å². The first-order chi connectivity index (χ1) is 9.49. The van der Waals surface area contributed by atoms with E-state index >= 15 is 0 Å². The van der Waals surface area contributed by atoms with Gasteiger partial charge in [0.15, 0.2) is 0 Å². The zero-order chi connectivity index (χ0) is 14.7. The van der Waals surface area contributed by atoms with Crippen LogP contribution in [0.2, 0.25) is 0 Å². The molecule has 20 heavy (non-hydrogen) atoms. The number of amides is 1. The van der Waals surface area contributed by atoms with Gasteiger partial charge in [0.2, 0.25) is 0 Å². The van der Waals surface area contributed by atoms with E-state index in [9.17, 15) is 9.59 Å². The molecule has 1 amide bonds. The number of carbonyl (C=O) groups excluding carboxylic acids is 1. The van der Waals surface area contributed by atoms with E-state index in [1.165, 1.54) is 0 Å². The molecule has 1 atom stereocenters. The van der Waals surface area contributed by atoms with Crippen LogP contribution in [0.25, 0.3) is 0 Å². The number of hydrogen-bond donors (Lipinski definition) is 1. The number of aliphatic carboxylic acids is 1. The minimum absolute atomic E-state index is 0.00220. The SMILES string of the molecule is Cc1ccc(C(=O)N2CCSCC2CC(=O)O)c(Br)c1. The topological polar surface area (TPSA) is 57.6 Å². The second-order valence-corrected chi connectivity index (χ2v) is 6.81. The van der Waals surface area contributed by atoms with Crippen molar-refractivity contribution < 1.29 is 14.7 Å². The number of carbonyl (C=O) groups is 2. The molecule has 1 unspecified atom stereocenters. The highest BCUT2D eigenvalue weighted by Crippen LogP contribution is 2.25. The van der Waals surface area contributed by atoms with E-state index in [-0.39, 0.29) is 18.4 Å². The number of thioether (sulfide) groups is 1. The van der Waals surface area contributed by atoms with Gasteiger partial charge in [-0.3, -0.25) is 9.59 Å². The van der Waals surface area contributed by atoms with Crippen molar-refractivity contribution in [2.75, 3.05) is 18.1 Å². The Hall–Kier alpha value is -1.01. The largest absolute Gasteiger partial charge is 0.481 e. The van der Waals surface area contributed by atoms with Gasteiger partial charge in [-0.1, -0.05) is 6.07 Å². The minimum atomic E-state index is -0.863. The van der Waals surface area contributed by atoms with Gasteiger partial charge in [-0.15, -0.1) is 0 Å². The van der Waals surface area contributed by atoms with Crippen molar-refractivity contribution in [2.45, 2.75) is 19.4 Å². The fourth-order valence-corrected chi connectivity index (χ4v) is 3.97. The van der Waals surface area contributed by atoms with Gasteiger partial charge in [-0.05, 0) is 40.5 Å². The van der Waals surface area contributed by atoms with Crippen molar-refractivity contribution in [1.29, 1.82) is 0 Å². The lowest BCUT2D eigenvalue weighted by molar-refractivity contribution is -0.138. The van der Waals surface area contributed by atoms with Crippen LogP contribution in [-0.2, 0) is 4.79 Å². The van der Waals surface area contributed by atoms with E-state index in [0.29, 0.717) is 17.9 Å². The maximum Gasteiger partial charge on any atom is 0.305 e. The Balaban J connectivity index is 2.22. The minimum Gasteiger partial charge on any atom is -0.481 e. The normalized spacial score (nSPS) is 18.9. The molecule has 1 aromatic rings. The van der Waals surface area contributed by atoms with E-state index in [2.05, 4.69) is 15.9 Å². The molecule has 1 aliphatic rings. The Kier molecular flexibility index (Phi) is 5.10. The Morgan fingerprint density at radius 1 is 1.50 bits per heavy atom. The molecule has 1 N–H and O–H groups in total. The summed E-state index contributed by atoms with van der Waals surface area (Å²) in [5, 5.41) is 8.97. The Bertz CT molecular complexity index is 535. The van der Waals surface area contributed by atoms with Crippen molar-refractivity contribution in [1.82, 2.24) is 4.90 Å². The van der Waals surface area contributed by atoms with Crippen molar-refractivity contribution in [3.05, 3.63) is 33.8 Å². The third-order valence-electron chi connectivity index (χ3n) is 3.25. The molecule has 1 aromatic carbocycles. The number of aryl methyl sites for hydroxylation is 1. The van der Waals surface area contributed by atoms with E-state index in [0.717, 1.165) is 15.8 Å². The number of carboxylic acids is 1. The zero-order valence-electron chi connectivity index (χ0n) is 11.1. The predicted molar refractivity (Wildman–Crippen MR) is 83.3 cm³/mol. The number of rotatable bonds is 3. The highest BCUT2D eigenvalue weighted by atomic mass is 79.9. The van der Waals surface area contributed by atoms with Crippen molar-refractivity contribution >= 4 is 39.6 Å². The molecule has 0 spiro atoms. The average Bonchev–Trinajstić information content (AvgIpc) is 2.38. The Labute approximate surface area is 130 Å². The molecule has 0 radical (unpaired) electrons. The molecule has 6 heteroatoms. The van der Waals surface area contributed by atoms with Crippen molar-refractivity contribution in [3.63, 3.8) is 0 Å². The molecule has 1 aliphatic heterocycles. The summed E-state index contributed by atoms with van der Waals surface area (Å²) >= 11 is 5.12. The molecule has 1 fully saturated rings. The molecular formula is C14H16BrNO3S. The fraction of sp³-hybridized carbons (Fsp3) is 0.429. The van der Waals surface area contributed by atoms with Crippen molar-refractivity contribution in [2.24, 2.45) is 0 Å². The van der Waals surface area contributed by atoms with E-state index in [4.69, 9.17) is 5.11 Å². The van der Waals surface area contributed by atoms with Crippen LogP contribution in [0.5, 0.6) is 0 Å². The van der Waals surface area contributed by atoms with Gasteiger partial charge in [-0.25, -0.2) is 0 Å². The van der Waals surface area contributed by atoms with Gasteiger partial charge in [0, 0.05) is 22.5 Å². The highest BCUT2D eigenvalue weighted by molar-refractivity contribution is 9.10. The first-order valence-corrected chi connectivity index (χ1v) is 8.30. The summed E-state index contributed by atoms with van der Waals surface area (Å²) in [6.07, 6.45) is 0.00220. The Morgan fingerprint density at radius 2 is 2.25 bits per heavy atom.